The van der Waals surface area contributed by atoms with E-state index < -0.39 is 0 Å². The fraction of sp³-hybridized carbons (Fsp3) is 0.500. The smallest absolute Gasteiger partial charge is 0.261 e. The Morgan fingerprint density at radius 2 is 2.22 bits per heavy atom. The van der Waals surface area contributed by atoms with Crippen LogP contribution in [0.5, 0.6) is 5.88 Å². The van der Waals surface area contributed by atoms with Crippen molar-refractivity contribution in [2.24, 2.45) is 5.92 Å². The summed E-state index contributed by atoms with van der Waals surface area (Å²) in [5.41, 5.74) is 0. The number of nitrogens with one attached hydrogen (secondary N) is 1. The molecule has 0 aliphatic carbocycles. The van der Waals surface area contributed by atoms with Crippen molar-refractivity contribution in [2.45, 2.75) is 18.9 Å². The second-order valence-corrected chi connectivity index (χ2v) is 8.02. The highest BCUT2D eigenvalue weighted by Crippen LogP contribution is 2.33. The molecule has 7 heteroatoms. The zero-order valence-electron chi connectivity index (χ0n) is 12.9. The van der Waals surface area contributed by atoms with Crippen LogP contribution in [0.4, 0.5) is 0 Å². The number of rotatable bonds is 4. The molecule has 1 unspecified atom stereocenters. The van der Waals surface area contributed by atoms with Crippen LogP contribution in [0.25, 0.3) is 9.88 Å². The minimum Gasteiger partial charge on any atom is -0.480 e. The number of aromatic nitrogens is 1. The van der Waals surface area contributed by atoms with Gasteiger partial charge in [0.15, 0.2) is 0 Å². The maximum Gasteiger partial charge on any atom is 0.261 e. The molecule has 1 N–H and O–H groups in total. The lowest BCUT2D eigenvalue weighted by atomic mass is 9.84. The van der Waals surface area contributed by atoms with E-state index in [-0.39, 0.29) is 5.91 Å². The van der Waals surface area contributed by atoms with Gasteiger partial charge in [-0.3, -0.25) is 4.79 Å². The summed E-state index contributed by atoms with van der Waals surface area (Å²) in [5.74, 6) is 1.31. The van der Waals surface area contributed by atoms with Crippen molar-refractivity contribution in [1.29, 1.82) is 0 Å². The normalized spacial score (nSPS) is 26.2. The Morgan fingerprint density at radius 1 is 1.39 bits per heavy atom. The van der Waals surface area contributed by atoms with Gasteiger partial charge in [-0.15, -0.1) is 22.7 Å². The van der Waals surface area contributed by atoms with Crippen molar-refractivity contribution >= 4 is 28.6 Å². The van der Waals surface area contributed by atoms with E-state index in [0.29, 0.717) is 17.8 Å². The van der Waals surface area contributed by atoms with Crippen LogP contribution in [-0.2, 0) is 0 Å². The van der Waals surface area contributed by atoms with Crippen LogP contribution in [0.3, 0.4) is 0 Å². The first kappa shape index (κ1) is 15.1. The quantitative estimate of drug-likeness (QED) is 0.922. The number of methoxy groups -OCH3 is 1. The summed E-state index contributed by atoms with van der Waals surface area (Å²) in [6.07, 6.45) is 2.42. The number of amides is 1. The van der Waals surface area contributed by atoms with Gasteiger partial charge in [0.05, 0.1) is 22.2 Å². The summed E-state index contributed by atoms with van der Waals surface area (Å²) in [7, 11) is 1.61. The van der Waals surface area contributed by atoms with E-state index in [2.05, 4.69) is 15.2 Å². The van der Waals surface area contributed by atoms with E-state index in [9.17, 15) is 4.79 Å². The largest absolute Gasteiger partial charge is 0.480 e. The molecule has 5 heterocycles. The van der Waals surface area contributed by atoms with Crippen LogP contribution in [0.1, 0.15) is 22.5 Å². The lowest BCUT2D eigenvalue weighted by Gasteiger charge is -2.44. The van der Waals surface area contributed by atoms with Crippen molar-refractivity contribution in [2.75, 3.05) is 26.7 Å². The predicted molar refractivity (Wildman–Crippen MR) is 92.4 cm³/mol. The molecule has 122 valence electrons. The topological polar surface area (TPSA) is 54.5 Å². The van der Waals surface area contributed by atoms with Crippen LogP contribution < -0.4 is 10.1 Å². The number of ether oxygens (including phenoxy) is 1. The predicted octanol–water partition coefficient (Wildman–Crippen LogP) is 2.70. The fourth-order valence-corrected chi connectivity index (χ4v) is 5.16. The van der Waals surface area contributed by atoms with Gasteiger partial charge in [-0.05, 0) is 44.0 Å². The van der Waals surface area contributed by atoms with Crippen LogP contribution >= 0.6 is 22.7 Å². The zero-order valence-corrected chi connectivity index (χ0v) is 14.6. The van der Waals surface area contributed by atoms with Crippen LogP contribution in [0.2, 0.25) is 0 Å². The standard InChI is InChI=1S/C16H19N3O2S2/c1-21-14-9-22-16(18-14)13-3-2-12(23-13)15(20)17-11-8-19-6-4-10(11)5-7-19/h2-3,9-11H,4-8H2,1H3,(H,17,20). The Kier molecular flexibility index (Phi) is 4.09. The molecular formula is C16H19N3O2S2. The molecule has 5 rings (SSSR count). The molecular weight excluding hydrogens is 330 g/mol. The lowest BCUT2D eigenvalue weighted by molar-refractivity contribution is 0.0622. The van der Waals surface area contributed by atoms with E-state index in [1.54, 1.807) is 7.11 Å². The van der Waals surface area contributed by atoms with Gasteiger partial charge in [-0.2, -0.15) is 0 Å². The van der Waals surface area contributed by atoms with Crippen molar-refractivity contribution in [3.8, 4) is 15.8 Å². The third kappa shape index (κ3) is 3.00. The molecule has 0 radical (unpaired) electrons. The Labute approximate surface area is 143 Å². The van der Waals surface area contributed by atoms with Gasteiger partial charge < -0.3 is 15.0 Å². The third-order valence-corrected chi connectivity index (χ3v) is 6.78. The van der Waals surface area contributed by atoms with Gasteiger partial charge in [0.1, 0.15) is 5.01 Å². The molecule has 5 nitrogen and oxygen atoms in total. The van der Waals surface area contributed by atoms with Gasteiger partial charge in [0.25, 0.3) is 5.91 Å². The Bertz CT molecular complexity index is 704. The maximum absolute atomic E-state index is 12.5. The molecule has 1 atom stereocenters. The number of fused-ring (bicyclic) bond motifs is 3. The number of thiazole rings is 1. The summed E-state index contributed by atoms with van der Waals surface area (Å²) < 4.78 is 5.12. The van der Waals surface area contributed by atoms with Gasteiger partial charge in [-0.1, -0.05) is 0 Å². The Morgan fingerprint density at radius 3 is 2.87 bits per heavy atom. The zero-order chi connectivity index (χ0) is 15.8. The first-order chi connectivity index (χ1) is 11.2. The van der Waals surface area contributed by atoms with E-state index in [4.69, 9.17) is 4.74 Å². The molecule has 3 fully saturated rings. The first-order valence-corrected chi connectivity index (χ1v) is 9.55. The van der Waals surface area contributed by atoms with Gasteiger partial charge in [0.2, 0.25) is 5.88 Å². The summed E-state index contributed by atoms with van der Waals surface area (Å²) in [5, 5.41) is 6.01. The van der Waals surface area contributed by atoms with Gasteiger partial charge in [0, 0.05) is 12.6 Å². The molecule has 1 amide bonds. The Balaban J connectivity index is 1.45. The minimum absolute atomic E-state index is 0.0449. The van der Waals surface area contributed by atoms with E-state index >= 15 is 0 Å². The van der Waals surface area contributed by atoms with Crippen LogP contribution in [0, 0.1) is 5.92 Å². The molecule has 0 saturated carbocycles. The minimum atomic E-state index is 0.0449. The van der Waals surface area contributed by atoms with Crippen molar-refractivity contribution in [3.63, 3.8) is 0 Å². The molecule has 3 saturated heterocycles. The van der Waals surface area contributed by atoms with Gasteiger partial charge >= 0.3 is 0 Å². The average Bonchev–Trinajstić information content (AvgIpc) is 3.25. The third-order valence-electron chi connectivity index (χ3n) is 4.71. The first-order valence-electron chi connectivity index (χ1n) is 7.86. The second kappa shape index (κ2) is 6.22. The highest BCUT2D eigenvalue weighted by molar-refractivity contribution is 7.22. The highest BCUT2D eigenvalue weighted by Gasteiger charge is 2.35. The summed E-state index contributed by atoms with van der Waals surface area (Å²) >= 11 is 3.03. The average molecular weight is 349 g/mol. The molecule has 3 aliphatic rings. The van der Waals surface area contributed by atoms with E-state index in [1.165, 1.54) is 48.6 Å². The maximum atomic E-state index is 12.5. The molecule has 3 aliphatic heterocycles. The number of hydrogen-bond donors (Lipinski definition) is 1. The fourth-order valence-electron chi connectivity index (χ4n) is 3.41. The van der Waals surface area contributed by atoms with E-state index in [0.717, 1.165) is 21.3 Å². The number of carbonyl (C=O) groups is 1. The lowest BCUT2D eigenvalue weighted by Crippen LogP contribution is -2.57. The number of piperidine rings is 3. The number of carbonyl (C=O) groups excluding carboxylic acids is 1. The van der Waals surface area contributed by atoms with Crippen LogP contribution in [0.15, 0.2) is 17.5 Å². The molecule has 23 heavy (non-hydrogen) atoms. The van der Waals surface area contributed by atoms with Crippen molar-refractivity contribution in [3.05, 3.63) is 22.4 Å². The Hall–Kier alpha value is -1.44. The number of hydrogen-bond acceptors (Lipinski definition) is 6. The molecule has 2 bridgehead atoms. The summed E-state index contributed by atoms with van der Waals surface area (Å²) in [6.45, 7) is 3.37. The summed E-state index contributed by atoms with van der Waals surface area (Å²) in [4.78, 5) is 21.1. The number of thiophene rings is 1. The SMILES string of the molecule is COc1csc(-c2ccc(C(=O)NC3CN4CCC3CC4)s2)n1. The van der Waals surface area contributed by atoms with Crippen LogP contribution in [-0.4, -0.2) is 48.6 Å². The molecule has 0 aromatic carbocycles. The van der Waals surface area contributed by atoms with Gasteiger partial charge in [-0.25, -0.2) is 4.98 Å². The second-order valence-electron chi connectivity index (χ2n) is 6.08. The molecule has 0 spiro atoms. The highest BCUT2D eigenvalue weighted by atomic mass is 32.1. The van der Waals surface area contributed by atoms with Crippen molar-refractivity contribution < 1.29 is 9.53 Å². The summed E-state index contributed by atoms with van der Waals surface area (Å²) in [6, 6.07) is 4.16. The number of nitrogens with zero attached hydrogens (tertiary/aromatic N) is 2. The molecule has 2 aromatic heterocycles. The van der Waals surface area contributed by atoms with E-state index in [1.807, 2.05) is 17.5 Å². The molecule has 2 aromatic rings. The monoisotopic (exact) mass is 349 g/mol. The van der Waals surface area contributed by atoms with Crippen molar-refractivity contribution in [1.82, 2.24) is 15.2 Å².